The van der Waals surface area contributed by atoms with Crippen LogP contribution in [0.1, 0.15) is 49.1 Å². The number of halogens is 1. The third-order valence-electron chi connectivity index (χ3n) is 4.66. The second-order valence-electron chi connectivity index (χ2n) is 6.45. The summed E-state index contributed by atoms with van der Waals surface area (Å²) in [7, 11) is 0. The Morgan fingerprint density at radius 3 is 2.88 bits per heavy atom. The molecule has 0 amide bonds. The van der Waals surface area contributed by atoms with E-state index in [1.165, 1.54) is 23.8 Å². The molecule has 1 aliphatic rings. The molecule has 2 atom stereocenters. The van der Waals surface area contributed by atoms with Crippen LogP contribution in [0.4, 0.5) is 9.52 Å². The summed E-state index contributed by atoms with van der Waals surface area (Å²) in [5, 5.41) is 23.1. The third-order valence-corrected chi connectivity index (χ3v) is 5.54. The first kappa shape index (κ1) is 17.3. The van der Waals surface area contributed by atoms with Gasteiger partial charge in [0.25, 0.3) is 0 Å². The topological polar surface area (TPSA) is 58.0 Å². The molecule has 130 valence electrons. The van der Waals surface area contributed by atoms with Crippen LogP contribution in [-0.2, 0) is 6.42 Å². The van der Waals surface area contributed by atoms with Crippen LogP contribution in [0.5, 0.6) is 0 Å². The first-order chi connectivity index (χ1) is 11.7. The normalized spacial score (nSPS) is 20.9. The Hall–Kier alpha value is -1.53. The zero-order valence-electron chi connectivity index (χ0n) is 13.7. The summed E-state index contributed by atoms with van der Waals surface area (Å²) in [5.41, 5.74) is 0.645. The molecule has 0 saturated heterocycles. The van der Waals surface area contributed by atoms with E-state index in [0.29, 0.717) is 17.9 Å². The zero-order chi connectivity index (χ0) is 16.8. The summed E-state index contributed by atoms with van der Waals surface area (Å²) in [6.07, 6.45) is 6.92. The van der Waals surface area contributed by atoms with Crippen LogP contribution < -0.4 is 5.32 Å². The quantitative estimate of drug-likeness (QED) is 0.742. The lowest BCUT2D eigenvalue weighted by molar-refractivity contribution is 0.0648. The highest BCUT2D eigenvalue weighted by molar-refractivity contribution is 7.15. The molecule has 4 nitrogen and oxygen atoms in total. The van der Waals surface area contributed by atoms with Gasteiger partial charge in [-0.05, 0) is 43.2 Å². The molecule has 3 rings (SSSR count). The standard InChI is InChI=1S/C18H24FN3OS/c19-15-9-3-1-7-14(15)12-17-21-22-18(24-17)20-11-5-8-13-6-2-4-10-16(13)23/h1,3,7,9,13,16,23H,2,4-6,8,10-12H2,(H,20,22). The first-order valence-corrected chi connectivity index (χ1v) is 9.52. The zero-order valence-corrected chi connectivity index (χ0v) is 14.6. The molecule has 0 radical (unpaired) electrons. The number of anilines is 1. The molecule has 0 spiro atoms. The summed E-state index contributed by atoms with van der Waals surface area (Å²) < 4.78 is 13.7. The van der Waals surface area contributed by atoms with Crippen molar-refractivity contribution in [1.29, 1.82) is 0 Å². The summed E-state index contributed by atoms with van der Waals surface area (Å²) in [4.78, 5) is 0. The Bertz CT molecular complexity index is 649. The molecule has 6 heteroatoms. The van der Waals surface area contributed by atoms with Gasteiger partial charge in [-0.2, -0.15) is 0 Å². The van der Waals surface area contributed by atoms with E-state index in [-0.39, 0.29) is 11.9 Å². The number of aliphatic hydroxyl groups is 1. The molecule has 1 aromatic heterocycles. The molecule has 1 aromatic carbocycles. The number of rotatable bonds is 7. The SMILES string of the molecule is OC1CCCCC1CCCNc1nnc(Cc2ccccc2F)s1. The Balaban J connectivity index is 1.42. The second-order valence-corrected chi connectivity index (χ2v) is 7.51. The van der Waals surface area contributed by atoms with Crippen molar-refractivity contribution < 1.29 is 9.50 Å². The summed E-state index contributed by atoms with van der Waals surface area (Å²) in [6.45, 7) is 0.831. The molecule has 2 N–H and O–H groups in total. The van der Waals surface area contributed by atoms with Gasteiger partial charge in [0.15, 0.2) is 0 Å². The van der Waals surface area contributed by atoms with Gasteiger partial charge in [-0.15, -0.1) is 10.2 Å². The lowest BCUT2D eigenvalue weighted by Crippen LogP contribution is -2.24. The second kappa shape index (κ2) is 8.53. The van der Waals surface area contributed by atoms with Crippen LogP contribution in [0, 0.1) is 11.7 Å². The van der Waals surface area contributed by atoms with Crippen molar-refractivity contribution in [2.45, 2.75) is 51.0 Å². The van der Waals surface area contributed by atoms with Crippen LogP contribution in [0.3, 0.4) is 0 Å². The minimum Gasteiger partial charge on any atom is -0.393 e. The number of nitrogens with zero attached hydrogens (tertiary/aromatic N) is 2. The predicted molar refractivity (Wildman–Crippen MR) is 94.8 cm³/mol. The van der Waals surface area contributed by atoms with E-state index in [0.717, 1.165) is 48.8 Å². The fourth-order valence-corrected chi connectivity index (χ4v) is 4.07. The molecule has 2 aromatic rings. The van der Waals surface area contributed by atoms with Crippen molar-refractivity contribution in [3.63, 3.8) is 0 Å². The maximum atomic E-state index is 13.7. The molecule has 1 aliphatic carbocycles. The fraction of sp³-hybridized carbons (Fsp3) is 0.556. The predicted octanol–water partition coefficient (Wildman–Crippen LogP) is 4.01. The Labute approximate surface area is 146 Å². The van der Waals surface area contributed by atoms with E-state index in [9.17, 15) is 9.50 Å². The number of nitrogens with one attached hydrogen (secondary N) is 1. The Morgan fingerprint density at radius 2 is 2.04 bits per heavy atom. The molecule has 0 aliphatic heterocycles. The number of hydrogen-bond donors (Lipinski definition) is 2. The van der Waals surface area contributed by atoms with E-state index >= 15 is 0 Å². The van der Waals surface area contributed by atoms with Gasteiger partial charge in [0, 0.05) is 13.0 Å². The summed E-state index contributed by atoms with van der Waals surface area (Å²) >= 11 is 1.47. The van der Waals surface area contributed by atoms with Crippen molar-refractivity contribution in [2.75, 3.05) is 11.9 Å². The first-order valence-electron chi connectivity index (χ1n) is 8.70. The Morgan fingerprint density at radius 1 is 1.21 bits per heavy atom. The van der Waals surface area contributed by atoms with Gasteiger partial charge in [0.2, 0.25) is 5.13 Å². The monoisotopic (exact) mass is 349 g/mol. The highest BCUT2D eigenvalue weighted by Crippen LogP contribution is 2.28. The van der Waals surface area contributed by atoms with E-state index in [1.54, 1.807) is 12.1 Å². The molecule has 2 unspecified atom stereocenters. The van der Waals surface area contributed by atoms with Gasteiger partial charge in [-0.25, -0.2) is 4.39 Å². The molecule has 1 heterocycles. The average Bonchev–Trinajstić information content (AvgIpc) is 3.03. The molecule has 24 heavy (non-hydrogen) atoms. The van der Waals surface area contributed by atoms with Crippen molar-refractivity contribution in [1.82, 2.24) is 10.2 Å². The maximum absolute atomic E-state index is 13.7. The van der Waals surface area contributed by atoms with Crippen LogP contribution in [0.25, 0.3) is 0 Å². The summed E-state index contributed by atoms with van der Waals surface area (Å²) in [5.74, 6) is 0.250. The van der Waals surface area contributed by atoms with Gasteiger partial charge >= 0.3 is 0 Å². The molecule has 1 fully saturated rings. The lowest BCUT2D eigenvalue weighted by Gasteiger charge is -2.27. The maximum Gasteiger partial charge on any atom is 0.205 e. The lowest BCUT2D eigenvalue weighted by atomic mass is 9.83. The van der Waals surface area contributed by atoms with Crippen LogP contribution in [-0.4, -0.2) is 28.0 Å². The minimum absolute atomic E-state index is 0.118. The van der Waals surface area contributed by atoms with Crippen molar-refractivity contribution >= 4 is 16.5 Å². The van der Waals surface area contributed by atoms with E-state index in [1.807, 2.05) is 6.07 Å². The fourth-order valence-electron chi connectivity index (χ4n) is 3.29. The largest absolute Gasteiger partial charge is 0.393 e. The van der Waals surface area contributed by atoms with Gasteiger partial charge in [-0.3, -0.25) is 0 Å². The molecule has 1 saturated carbocycles. The van der Waals surface area contributed by atoms with Gasteiger partial charge < -0.3 is 10.4 Å². The number of aliphatic hydroxyl groups excluding tert-OH is 1. The van der Waals surface area contributed by atoms with Crippen molar-refractivity contribution in [3.8, 4) is 0 Å². The van der Waals surface area contributed by atoms with Gasteiger partial charge in [0.05, 0.1) is 6.10 Å². The number of hydrogen-bond acceptors (Lipinski definition) is 5. The van der Waals surface area contributed by atoms with Crippen LogP contribution in [0.15, 0.2) is 24.3 Å². The van der Waals surface area contributed by atoms with Crippen LogP contribution >= 0.6 is 11.3 Å². The molecule has 0 bridgehead atoms. The minimum atomic E-state index is -0.201. The van der Waals surface area contributed by atoms with E-state index in [4.69, 9.17) is 0 Å². The number of aromatic nitrogens is 2. The van der Waals surface area contributed by atoms with Gasteiger partial charge in [-0.1, -0.05) is 42.4 Å². The van der Waals surface area contributed by atoms with Gasteiger partial charge in [0.1, 0.15) is 10.8 Å². The molecular weight excluding hydrogens is 325 g/mol. The van der Waals surface area contributed by atoms with Crippen molar-refractivity contribution in [2.24, 2.45) is 5.92 Å². The third kappa shape index (κ3) is 4.74. The van der Waals surface area contributed by atoms with Crippen molar-refractivity contribution in [3.05, 3.63) is 40.7 Å². The number of benzene rings is 1. The van der Waals surface area contributed by atoms with E-state index < -0.39 is 0 Å². The smallest absolute Gasteiger partial charge is 0.205 e. The average molecular weight is 349 g/mol. The molecular formula is C18H24FN3OS. The van der Waals surface area contributed by atoms with Crippen LogP contribution in [0.2, 0.25) is 0 Å². The van der Waals surface area contributed by atoms with E-state index in [2.05, 4.69) is 15.5 Å². The highest BCUT2D eigenvalue weighted by atomic mass is 32.1. The summed E-state index contributed by atoms with van der Waals surface area (Å²) in [6, 6.07) is 6.77. The highest BCUT2D eigenvalue weighted by Gasteiger charge is 2.22. The Kier molecular flexibility index (Phi) is 6.15.